The van der Waals surface area contributed by atoms with Gasteiger partial charge in [-0.15, -0.1) is 0 Å². The van der Waals surface area contributed by atoms with Crippen LogP contribution in [0, 0.1) is 11.6 Å². The zero-order valence-corrected chi connectivity index (χ0v) is 15.9. The summed E-state index contributed by atoms with van der Waals surface area (Å²) >= 11 is 0. The van der Waals surface area contributed by atoms with Crippen molar-refractivity contribution in [2.75, 3.05) is 25.5 Å². The van der Waals surface area contributed by atoms with Gasteiger partial charge < -0.3 is 10.1 Å². The third-order valence-electron chi connectivity index (χ3n) is 3.93. The molecule has 0 spiro atoms. The van der Waals surface area contributed by atoms with Crippen LogP contribution in [0.1, 0.15) is 24.2 Å². The van der Waals surface area contributed by atoms with Crippen LogP contribution in [0.5, 0.6) is 5.75 Å². The van der Waals surface area contributed by atoms with Crippen LogP contribution in [0.25, 0.3) is 0 Å². The van der Waals surface area contributed by atoms with Gasteiger partial charge in [-0.1, -0.05) is 13.8 Å². The predicted octanol–water partition coefficient (Wildman–Crippen LogP) is 3.26. The quantitative estimate of drug-likeness (QED) is 0.777. The Balaban J connectivity index is 2.44. The molecule has 0 saturated heterocycles. The molecule has 0 radical (unpaired) electrons. The number of nitrogens with one attached hydrogen (secondary N) is 1. The molecule has 0 unspecified atom stereocenters. The van der Waals surface area contributed by atoms with Gasteiger partial charge in [0, 0.05) is 24.7 Å². The number of ether oxygens (including phenoxy) is 1. The molecule has 1 N–H and O–H groups in total. The van der Waals surface area contributed by atoms with Crippen molar-refractivity contribution in [1.82, 2.24) is 4.31 Å². The lowest BCUT2D eigenvalue weighted by atomic mass is 10.2. The highest BCUT2D eigenvalue weighted by Crippen LogP contribution is 2.28. The highest BCUT2D eigenvalue weighted by Gasteiger charge is 2.27. The molecule has 9 heteroatoms. The number of nitrogens with zero attached hydrogens (tertiary/aromatic N) is 1. The van der Waals surface area contributed by atoms with Crippen LogP contribution >= 0.6 is 0 Å². The second-order valence-corrected chi connectivity index (χ2v) is 7.44. The van der Waals surface area contributed by atoms with Gasteiger partial charge in [0.25, 0.3) is 5.91 Å². The molecule has 2 aromatic rings. The fraction of sp³-hybridized carbons (Fsp3) is 0.278. The Morgan fingerprint density at radius 1 is 1.11 bits per heavy atom. The summed E-state index contributed by atoms with van der Waals surface area (Å²) in [6.45, 7) is 3.87. The van der Waals surface area contributed by atoms with Gasteiger partial charge in [-0.2, -0.15) is 4.31 Å². The number of methoxy groups -OCH3 is 1. The van der Waals surface area contributed by atoms with Crippen LogP contribution in [0.15, 0.2) is 41.3 Å². The largest absolute Gasteiger partial charge is 0.495 e. The second-order valence-electron chi connectivity index (χ2n) is 5.53. The van der Waals surface area contributed by atoms with Crippen molar-refractivity contribution in [2.24, 2.45) is 0 Å². The van der Waals surface area contributed by atoms with Gasteiger partial charge in [-0.05, 0) is 30.3 Å². The fourth-order valence-electron chi connectivity index (χ4n) is 2.51. The van der Waals surface area contributed by atoms with Gasteiger partial charge >= 0.3 is 0 Å². The van der Waals surface area contributed by atoms with Crippen molar-refractivity contribution < 1.29 is 26.7 Å². The Bertz CT molecular complexity index is 944. The van der Waals surface area contributed by atoms with E-state index < -0.39 is 27.6 Å². The van der Waals surface area contributed by atoms with Crippen molar-refractivity contribution in [3.63, 3.8) is 0 Å². The molecule has 2 rings (SSSR count). The summed E-state index contributed by atoms with van der Waals surface area (Å²) in [4.78, 5) is 12.2. The number of hydrogen-bond donors (Lipinski definition) is 1. The Hall–Kier alpha value is -2.52. The number of benzene rings is 2. The Kier molecular flexibility index (Phi) is 6.50. The molecule has 0 aliphatic heterocycles. The minimum atomic E-state index is -3.89. The number of hydrogen-bond acceptors (Lipinski definition) is 4. The molecule has 0 aliphatic carbocycles. The van der Waals surface area contributed by atoms with E-state index in [0.29, 0.717) is 0 Å². The smallest absolute Gasteiger partial charge is 0.255 e. The first-order chi connectivity index (χ1) is 12.7. The summed E-state index contributed by atoms with van der Waals surface area (Å²) in [6.07, 6.45) is 0. The van der Waals surface area contributed by atoms with Crippen molar-refractivity contribution in [1.29, 1.82) is 0 Å². The first-order valence-electron chi connectivity index (χ1n) is 8.19. The number of carbonyl (C=O) groups is 1. The third kappa shape index (κ3) is 4.42. The molecule has 146 valence electrons. The average Bonchev–Trinajstić information content (AvgIpc) is 2.64. The monoisotopic (exact) mass is 398 g/mol. The van der Waals surface area contributed by atoms with Gasteiger partial charge in [-0.3, -0.25) is 4.79 Å². The fourth-order valence-corrected chi connectivity index (χ4v) is 4.15. The molecule has 0 heterocycles. The molecule has 1 amide bonds. The Morgan fingerprint density at radius 3 is 2.37 bits per heavy atom. The molecule has 0 atom stereocenters. The summed E-state index contributed by atoms with van der Waals surface area (Å²) in [5.41, 5.74) is -0.380. The number of rotatable bonds is 7. The summed E-state index contributed by atoms with van der Waals surface area (Å²) in [5.74, 6) is -2.23. The number of anilines is 1. The number of sulfonamides is 1. The molecule has 0 saturated carbocycles. The maximum absolute atomic E-state index is 13.7. The summed E-state index contributed by atoms with van der Waals surface area (Å²) in [6, 6.07) is 6.48. The zero-order chi connectivity index (χ0) is 20.2. The number of carbonyl (C=O) groups excluding carboxylic acids is 1. The minimum Gasteiger partial charge on any atom is -0.495 e. The van der Waals surface area contributed by atoms with Gasteiger partial charge in [0.15, 0.2) is 0 Å². The maximum atomic E-state index is 13.7. The van der Waals surface area contributed by atoms with E-state index in [4.69, 9.17) is 4.74 Å². The highest BCUT2D eigenvalue weighted by molar-refractivity contribution is 7.89. The van der Waals surface area contributed by atoms with E-state index in [1.807, 2.05) is 0 Å². The van der Waals surface area contributed by atoms with Crippen LogP contribution in [-0.2, 0) is 10.0 Å². The number of halogens is 2. The molecule has 0 fully saturated rings. The molecular formula is C18H20F2N2O4S. The Labute approximate surface area is 156 Å². The average molecular weight is 398 g/mol. The van der Waals surface area contributed by atoms with Crippen molar-refractivity contribution in [3.05, 3.63) is 53.6 Å². The van der Waals surface area contributed by atoms with Gasteiger partial charge in [-0.25, -0.2) is 17.2 Å². The van der Waals surface area contributed by atoms with Crippen molar-refractivity contribution >= 4 is 21.6 Å². The molecule has 27 heavy (non-hydrogen) atoms. The molecule has 0 aliphatic rings. The van der Waals surface area contributed by atoms with E-state index in [-0.39, 0.29) is 35.0 Å². The summed E-state index contributed by atoms with van der Waals surface area (Å²) in [5, 5.41) is 2.24. The predicted molar refractivity (Wildman–Crippen MR) is 97.4 cm³/mol. The minimum absolute atomic E-state index is 0.0369. The Morgan fingerprint density at radius 2 is 1.78 bits per heavy atom. The zero-order valence-electron chi connectivity index (χ0n) is 15.1. The SMILES string of the molecule is CCN(CC)S(=O)(=O)c1cc(C(=O)Nc2cc(F)ccc2F)ccc1OC. The molecule has 0 aromatic heterocycles. The lowest BCUT2D eigenvalue weighted by molar-refractivity contribution is 0.102. The van der Waals surface area contributed by atoms with Crippen LogP contribution in [-0.4, -0.2) is 38.8 Å². The lowest BCUT2D eigenvalue weighted by Crippen LogP contribution is -2.31. The lowest BCUT2D eigenvalue weighted by Gasteiger charge is -2.20. The van der Waals surface area contributed by atoms with Crippen LogP contribution in [0.2, 0.25) is 0 Å². The number of amides is 1. The highest BCUT2D eigenvalue weighted by atomic mass is 32.2. The van der Waals surface area contributed by atoms with Crippen LogP contribution < -0.4 is 10.1 Å². The van der Waals surface area contributed by atoms with E-state index in [1.165, 1.54) is 23.5 Å². The summed E-state index contributed by atoms with van der Waals surface area (Å²) < 4.78 is 58.9. The van der Waals surface area contributed by atoms with Crippen LogP contribution in [0.4, 0.5) is 14.5 Å². The van der Waals surface area contributed by atoms with E-state index in [9.17, 15) is 22.0 Å². The molecular weight excluding hydrogens is 378 g/mol. The van der Waals surface area contributed by atoms with E-state index in [0.717, 1.165) is 24.3 Å². The first-order valence-corrected chi connectivity index (χ1v) is 9.63. The second kappa shape index (κ2) is 8.45. The standard InChI is InChI=1S/C18H20F2N2O4S/c1-4-22(5-2)27(24,25)17-10-12(6-9-16(17)26-3)18(23)21-15-11-13(19)7-8-14(15)20/h6-11H,4-5H2,1-3H3,(H,21,23). The van der Waals surface area contributed by atoms with Crippen molar-refractivity contribution in [2.45, 2.75) is 18.7 Å². The molecule has 6 nitrogen and oxygen atoms in total. The van der Waals surface area contributed by atoms with E-state index >= 15 is 0 Å². The molecule has 2 aromatic carbocycles. The van der Waals surface area contributed by atoms with Gasteiger partial charge in [0.2, 0.25) is 10.0 Å². The summed E-state index contributed by atoms with van der Waals surface area (Å²) in [7, 11) is -2.58. The van der Waals surface area contributed by atoms with E-state index in [1.54, 1.807) is 13.8 Å². The maximum Gasteiger partial charge on any atom is 0.255 e. The molecule has 0 bridgehead atoms. The van der Waals surface area contributed by atoms with E-state index in [2.05, 4.69) is 5.32 Å². The van der Waals surface area contributed by atoms with Crippen molar-refractivity contribution in [3.8, 4) is 5.75 Å². The third-order valence-corrected chi connectivity index (χ3v) is 6.00. The normalized spacial score (nSPS) is 11.5. The van der Waals surface area contributed by atoms with Crippen LogP contribution in [0.3, 0.4) is 0 Å². The topological polar surface area (TPSA) is 75.7 Å². The first kappa shape index (κ1) is 20.8. The van der Waals surface area contributed by atoms with Gasteiger partial charge in [0.05, 0.1) is 12.8 Å². The van der Waals surface area contributed by atoms with Gasteiger partial charge in [0.1, 0.15) is 22.3 Å².